The Labute approximate surface area is 155 Å². The van der Waals surface area contributed by atoms with Crippen LogP contribution in [0.5, 0.6) is 0 Å². The van der Waals surface area contributed by atoms with Crippen molar-refractivity contribution in [1.82, 2.24) is 0 Å². The predicted molar refractivity (Wildman–Crippen MR) is 96.9 cm³/mol. The summed E-state index contributed by atoms with van der Waals surface area (Å²) in [6.07, 6.45) is 1.22. The van der Waals surface area contributed by atoms with Crippen LogP contribution in [0.4, 0.5) is 5.69 Å². The van der Waals surface area contributed by atoms with Gasteiger partial charge < -0.3 is 9.64 Å². The molecule has 0 saturated heterocycles. The zero-order chi connectivity index (χ0) is 17.5. The Morgan fingerprint density at radius 3 is 2.71 bits per heavy atom. The molecule has 3 rings (SSSR count). The number of esters is 1. The lowest BCUT2D eigenvalue weighted by Crippen LogP contribution is -2.36. The SMILES string of the molecule is C[C@H]1CCN(C(=O)COC(=O)[C@]2(C)CC2(Cl)Cl)c2ccccc2S1. The number of hydrogen-bond donors (Lipinski definition) is 0. The number of para-hydroxylation sites is 1. The van der Waals surface area contributed by atoms with E-state index in [0.29, 0.717) is 18.2 Å². The van der Waals surface area contributed by atoms with Crippen LogP contribution in [0.2, 0.25) is 0 Å². The molecule has 130 valence electrons. The fraction of sp³-hybridized carbons (Fsp3) is 0.529. The molecule has 1 amide bonds. The molecular weight excluding hydrogens is 369 g/mol. The van der Waals surface area contributed by atoms with Gasteiger partial charge in [-0.1, -0.05) is 19.1 Å². The van der Waals surface area contributed by atoms with E-state index < -0.39 is 15.7 Å². The lowest BCUT2D eigenvalue weighted by Gasteiger charge is -2.22. The van der Waals surface area contributed by atoms with Crippen molar-refractivity contribution in [2.24, 2.45) is 5.41 Å². The van der Waals surface area contributed by atoms with Crippen molar-refractivity contribution in [1.29, 1.82) is 0 Å². The van der Waals surface area contributed by atoms with Gasteiger partial charge in [-0.05, 0) is 25.5 Å². The molecule has 2 atom stereocenters. The number of benzene rings is 1. The Balaban J connectivity index is 1.68. The summed E-state index contributed by atoms with van der Waals surface area (Å²) < 4.78 is 4.11. The van der Waals surface area contributed by atoms with Crippen LogP contribution in [0.1, 0.15) is 26.7 Å². The maximum absolute atomic E-state index is 12.6. The number of nitrogens with zero attached hydrogens (tertiary/aromatic N) is 1. The number of amides is 1. The van der Waals surface area contributed by atoms with Crippen LogP contribution in [-0.2, 0) is 14.3 Å². The highest BCUT2D eigenvalue weighted by molar-refractivity contribution is 8.00. The summed E-state index contributed by atoms with van der Waals surface area (Å²) in [6, 6.07) is 7.79. The van der Waals surface area contributed by atoms with Gasteiger partial charge in [0.15, 0.2) is 6.61 Å². The summed E-state index contributed by atoms with van der Waals surface area (Å²) >= 11 is 13.7. The third kappa shape index (κ3) is 3.26. The third-order valence-electron chi connectivity index (χ3n) is 4.58. The smallest absolute Gasteiger partial charge is 0.315 e. The van der Waals surface area contributed by atoms with Crippen LogP contribution >= 0.6 is 35.0 Å². The normalized spacial score (nSPS) is 27.8. The van der Waals surface area contributed by atoms with Gasteiger partial charge in [0.05, 0.1) is 5.69 Å². The molecule has 1 saturated carbocycles. The fourth-order valence-corrected chi connectivity index (χ4v) is 4.53. The number of fused-ring (bicyclic) bond motifs is 1. The summed E-state index contributed by atoms with van der Waals surface area (Å²) in [4.78, 5) is 27.5. The van der Waals surface area contributed by atoms with Crippen LogP contribution in [-0.4, -0.2) is 34.6 Å². The highest BCUT2D eigenvalue weighted by atomic mass is 35.5. The molecule has 1 aliphatic heterocycles. The number of anilines is 1. The Kier molecular flexibility index (Phi) is 4.80. The van der Waals surface area contributed by atoms with Gasteiger partial charge in [0, 0.05) is 23.1 Å². The number of hydrogen-bond acceptors (Lipinski definition) is 4. The summed E-state index contributed by atoms with van der Waals surface area (Å²) in [7, 11) is 0. The van der Waals surface area contributed by atoms with Crippen molar-refractivity contribution in [3.05, 3.63) is 24.3 Å². The quantitative estimate of drug-likeness (QED) is 0.580. The molecule has 0 spiro atoms. The number of alkyl halides is 2. The van der Waals surface area contributed by atoms with Gasteiger partial charge in [0.1, 0.15) is 9.75 Å². The lowest BCUT2D eigenvalue weighted by atomic mass is 10.1. The van der Waals surface area contributed by atoms with Gasteiger partial charge in [0.2, 0.25) is 0 Å². The Hall–Kier alpha value is -0.910. The summed E-state index contributed by atoms with van der Waals surface area (Å²) in [5.74, 6) is -0.754. The van der Waals surface area contributed by atoms with Crippen molar-refractivity contribution >= 4 is 52.5 Å². The molecule has 0 N–H and O–H groups in total. The van der Waals surface area contributed by atoms with Gasteiger partial charge in [-0.2, -0.15) is 0 Å². The minimum atomic E-state index is -1.09. The second-order valence-electron chi connectivity index (χ2n) is 6.52. The van der Waals surface area contributed by atoms with E-state index in [1.165, 1.54) is 0 Å². The standard InChI is InChI=1S/C17H19Cl2NO3S/c1-11-7-8-20(12-5-3-4-6-13(12)24-11)14(21)9-23-15(22)16(2)10-17(16,18)19/h3-6,11H,7-10H2,1-2H3/t11-,16-/m0/s1. The van der Waals surface area contributed by atoms with E-state index in [0.717, 1.165) is 17.0 Å². The van der Waals surface area contributed by atoms with E-state index in [1.807, 2.05) is 24.3 Å². The molecule has 0 aromatic heterocycles. The first-order valence-electron chi connectivity index (χ1n) is 7.86. The van der Waals surface area contributed by atoms with Crippen LogP contribution in [0.25, 0.3) is 0 Å². The van der Waals surface area contributed by atoms with E-state index in [1.54, 1.807) is 23.6 Å². The number of halogens is 2. The van der Waals surface area contributed by atoms with Gasteiger partial charge in [0.25, 0.3) is 5.91 Å². The van der Waals surface area contributed by atoms with Crippen molar-refractivity contribution in [3.8, 4) is 0 Å². The van der Waals surface area contributed by atoms with Gasteiger partial charge in [-0.3, -0.25) is 9.59 Å². The molecule has 0 unspecified atom stereocenters. The third-order valence-corrected chi connectivity index (χ3v) is 6.92. The maximum atomic E-state index is 12.6. The van der Waals surface area contributed by atoms with Crippen LogP contribution in [0, 0.1) is 5.41 Å². The maximum Gasteiger partial charge on any atom is 0.315 e. The lowest BCUT2D eigenvalue weighted by molar-refractivity contribution is -0.152. The average Bonchev–Trinajstić information content (AvgIpc) is 3.11. The first-order valence-corrected chi connectivity index (χ1v) is 9.49. The molecular formula is C17H19Cl2NO3S. The minimum Gasteiger partial charge on any atom is -0.455 e. The molecule has 1 aromatic rings. The molecule has 2 aliphatic rings. The predicted octanol–water partition coefficient (Wildman–Crippen LogP) is 4.03. The Morgan fingerprint density at radius 2 is 2.04 bits per heavy atom. The monoisotopic (exact) mass is 387 g/mol. The van der Waals surface area contributed by atoms with E-state index in [2.05, 4.69) is 6.92 Å². The fourth-order valence-electron chi connectivity index (χ4n) is 2.73. The number of rotatable bonds is 3. The number of ether oxygens (including phenoxy) is 1. The van der Waals surface area contributed by atoms with Crippen LogP contribution in [0.3, 0.4) is 0 Å². The van der Waals surface area contributed by atoms with Crippen molar-refractivity contribution in [2.45, 2.75) is 41.2 Å². The second kappa shape index (κ2) is 6.43. The summed E-state index contributed by atoms with van der Waals surface area (Å²) in [5.41, 5.74) is -0.0492. The second-order valence-corrected chi connectivity index (χ2v) is 9.48. The molecule has 24 heavy (non-hydrogen) atoms. The zero-order valence-electron chi connectivity index (χ0n) is 13.6. The van der Waals surface area contributed by atoms with E-state index >= 15 is 0 Å². The van der Waals surface area contributed by atoms with E-state index in [-0.39, 0.29) is 12.5 Å². The first kappa shape index (κ1) is 17.9. The Bertz CT molecular complexity index is 682. The van der Waals surface area contributed by atoms with Crippen molar-refractivity contribution in [2.75, 3.05) is 18.1 Å². The molecule has 1 aliphatic carbocycles. The molecule has 1 fully saturated rings. The summed E-state index contributed by atoms with van der Waals surface area (Å²) in [6.45, 7) is 4.10. The molecule has 0 bridgehead atoms. The molecule has 7 heteroatoms. The van der Waals surface area contributed by atoms with Crippen LogP contribution < -0.4 is 4.90 Å². The highest BCUT2D eigenvalue weighted by Gasteiger charge is 2.69. The van der Waals surface area contributed by atoms with E-state index in [4.69, 9.17) is 27.9 Å². The first-order chi connectivity index (χ1) is 11.2. The average molecular weight is 388 g/mol. The van der Waals surface area contributed by atoms with Gasteiger partial charge in [-0.15, -0.1) is 35.0 Å². The number of thioether (sulfide) groups is 1. The van der Waals surface area contributed by atoms with Crippen LogP contribution in [0.15, 0.2) is 29.2 Å². The topological polar surface area (TPSA) is 46.6 Å². The highest BCUT2D eigenvalue weighted by Crippen LogP contribution is 2.64. The summed E-state index contributed by atoms with van der Waals surface area (Å²) in [5, 5.41) is 0.421. The minimum absolute atomic E-state index is 0.232. The van der Waals surface area contributed by atoms with Gasteiger partial charge >= 0.3 is 5.97 Å². The molecule has 0 radical (unpaired) electrons. The van der Waals surface area contributed by atoms with Crippen molar-refractivity contribution in [3.63, 3.8) is 0 Å². The number of carbonyl (C=O) groups is 2. The van der Waals surface area contributed by atoms with Crippen molar-refractivity contribution < 1.29 is 14.3 Å². The number of carbonyl (C=O) groups excluding carboxylic acids is 2. The van der Waals surface area contributed by atoms with Gasteiger partial charge in [-0.25, -0.2) is 0 Å². The zero-order valence-corrected chi connectivity index (χ0v) is 15.9. The molecule has 1 heterocycles. The Morgan fingerprint density at radius 1 is 1.38 bits per heavy atom. The van der Waals surface area contributed by atoms with E-state index in [9.17, 15) is 9.59 Å². The largest absolute Gasteiger partial charge is 0.455 e. The molecule has 4 nitrogen and oxygen atoms in total. The molecule has 1 aromatic carbocycles.